The minimum atomic E-state index is -0.623. The third-order valence-electron chi connectivity index (χ3n) is 2.06. The number of benzene rings is 1. The predicted molar refractivity (Wildman–Crippen MR) is 51.7 cm³/mol. The van der Waals surface area contributed by atoms with Crippen LogP contribution in [-0.4, -0.2) is 28.5 Å². The first-order chi connectivity index (χ1) is 6.83. The Morgan fingerprint density at radius 3 is 2.57 bits per heavy atom. The Labute approximate surface area is 80.5 Å². The molecule has 68 valence electrons. The van der Waals surface area contributed by atoms with Gasteiger partial charge in [-0.2, -0.15) is 4.79 Å². The molecular formula is C10H7N3O. The summed E-state index contributed by atoms with van der Waals surface area (Å²) in [6.45, 7) is 0. The van der Waals surface area contributed by atoms with Crippen molar-refractivity contribution in [3.05, 3.63) is 41.4 Å². The number of ketones is 1. The zero-order chi connectivity index (χ0) is 9.97. The molecule has 0 saturated carbocycles. The maximum Gasteiger partial charge on any atom is 0.341 e. The van der Waals surface area contributed by atoms with Crippen molar-refractivity contribution in [1.82, 2.24) is 0 Å². The lowest BCUT2D eigenvalue weighted by atomic mass is 9.98. The lowest BCUT2D eigenvalue weighted by Crippen LogP contribution is -2.37. The summed E-state index contributed by atoms with van der Waals surface area (Å²) in [6, 6.07) is 8.21. The molecule has 4 heteroatoms. The van der Waals surface area contributed by atoms with Crippen LogP contribution in [-0.2, 0) is 0 Å². The van der Waals surface area contributed by atoms with Crippen molar-refractivity contribution in [2.24, 2.45) is 4.99 Å². The van der Waals surface area contributed by atoms with Crippen LogP contribution in [0.2, 0.25) is 0 Å². The molecule has 1 atom stereocenters. The number of nitrogens with zero attached hydrogens (tertiary/aromatic N) is 3. The normalized spacial score (nSPS) is 18.6. The molecule has 1 aliphatic heterocycles. The van der Waals surface area contributed by atoms with E-state index in [2.05, 4.69) is 9.78 Å². The molecular weight excluding hydrogens is 178 g/mol. The maximum atomic E-state index is 11.7. The molecule has 4 nitrogen and oxygen atoms in total. The van der Waals surface area contributed by atoms with Crippen LogP contribution in [0.5, 0.6) is 0 Å². The van der Waals surface area contributed by atoms with Crippen molar-refractivity contribution in [3.63, 3.8) is 0 Å². The van der Waals surface area contributed by atoms with Gasteiger partial charge in [-0.1, -0.05) is 30.3 Å². The molecule has 14 heavy (non-hydrogen) atoms. The Bertz CT molecular complexity index is 444. The fraction of sp³-hybridized carbons (Fsp3) is 0.100. The van der Waals surface area contributed by atoms with Crippen LogP contribution in [0, 0.1) is 0 Å². The first-order valence-corrected chi connectivity index (χ1v) is 4.17. The highest BCUT2D eigenvalue weighted by atomic mass is 16.1. The quantitative estimate of drug-likeness (QED) is 0.385. The van der Waals surface area contributed by atoms with Gasteiger partial charge in [0.1, 0.15) is 6.21 Å². The van der Waals surface area contributed by atoms with Crippen LogP contribution in [0.25, 0.3) is 5.53 Å². The van der Waals surface area contributed by atoms with E-state index in [4.69, 9.17) is 5.53 Å². The molecule has 0 bridgehead atoms. The van der Waals surface area contributed by atoms with Gasteiger partial charge in [-0.3, -0.25) is 9.79 Å². The average molecular weight is 185 g/mol. The van der Waals surface area contributed by atoms with Gasteiger partial charge in [-0.05, 0) is 0 Å². The summed E-state index contributed by atoms with van der Waals surface area (Å²) in [7, 11) is 0. The molecule has 0 fully saturated rings. The number of hydrogen-bond donors (Lipinski definition) is 0. The minimum absolute atomic E-state index is 0.138. The second kappa shape index (κ2) is 3.36. The molecule has 1 aliphatic rings. The smallest absolute Gasteiger partial charge is 0.341 e. The lowest BCUT2D eigenvalue weighted by molar-refractivity contribution is -0.00641. The highest BCUT2D eigenvalue weighted by Gasteiger charge is 2.35. The van der Waals surface area contributed by atoms with Crippen molar-refractivity contribution >= 4 is 17.7 Å². The molecule has 1 aromatic rings. The SMILES string of the molecule is [N-]=[N+]=C1C=NC1C(=O)c1ccccc1. The zero-order valence-corrected chi connectivity index (χ0v) is 7.29. The Balaban J connectivity index is 2.27. The van der Waals surface area contributed by atoms with E-state index in [1.807, 2.05) is 6.07 Å². The predicted octanol–water partition coefficient (Wildman–Crippen LogP) is 0.993. The summed E-state index contributed by atoms with van der Waals surface area (Å²) in [5, 5.41) is 0. The van der Waals surface area contributed by atoms with E-state index in [1.54, 1.807) is 24.3 Å². The van der Waals surface area contributed by atoms with Gasteiger partial charge in [-0.15, -0.1) is 0 Å². The standard InChI is InChI=1S/C10H7N3O/c11-13-8-6-12-9(8)10(14)7-4-2-1-3-5-7/h1-6,9H. The third kappa shape index (κ3) is 1.28. The molecule has 1 heterocycles. The zero-order valence-electron chi connectivity index (χ0n) is 7.29. The molecule has 1 unspecified atom stereocenters. The fourth-order valence-electron chi connectivity index (χ4n) is 1.26. The maximum absolute atomic E-state index is 11.7. The summed E-state index contributed by atoms with van der Waals surface area (Å²) in [4.78, 5) is 18.5. The van der Waals surface area contributed by atoms with Gasteiger partial charge in [0, 0.05) is 5.56 Å². The third-order valence-corrected chi connectivity index (χ3v) is 2.06. The van der Waals surface area contributed by atoms with Crippen molar-refractivity contribution < 1.29 is 9.58 Å². The van der Waals surface area contributed by atoms with E-state index in [0.717, 1.165) is 0 Å². The summed E-state index contributed by atoms with van der Waals surface area (Å²) in [5.41, 5.74) is 9.39. The number of Topliss-reactive ketones (excluding diaryl/α,β-unsaturated/α-hetero) is 1. The Morgan fingerprint density at radius 2 is 2.07 bits per heavy atom. The molecule has 0 N–H and O–H groups in total. The van der Waals surface area contributed by atoms with Crippen molar-refractivity contribution in [2.75, 3.05) is 0 Å². The van der Waals surface area contributed by atoms with E-state index in [1.165, 1.54) is 6.21 Å². The highest BCUT2D eigenvalue weighted by molar-refractivity contribution is 6.42. The van der Waals surface area contributed by atoms with Gasteiger partial charge in [0.05, 0.1) is 0 Å². The van der Waals surface area contributed by atoms with Gasteiger partial charge in [-0.25, -0.2) is 0 Å². The Hall–Kier alpha value is -2.06. The average Bonchev–Trinajstić information content (AvgIpc) is 2.18. The molecule has 0 amide bonds. The van der Waals surface area contributed by atoms with Crippen LogP contribution in [0.1, 0.15) is 10.4 Å². The van der Waals surface area contributed by atoms with E-state index in [-0.39, 0.29) is 5.78 Å². The van der Waals surface area contributed by atoms with Crippen LogP contribution >= 0.6 is 0 Å². The number of rotatable bonds is 2. The molecule has 0 aliphatic carbocycles. The molecule has 1 aromatic carbocycles. The first kappa shape index (κ1) is 8.53. The Kier molecular flexibility index (Phi) is 2.05. The van der Waals surface area contributed by atoms with Gasteiger partial charge >= 0.3 is 5.71 Å². The van der Waals surface area contributed by atoms with Crippen molar-refractivity contribution in [1.29, 1.82) is 0 Å². The minimum Gasteiger partial charge on any atom is -0.361 e. The van der Waals surface area contributed by atoms with E-state index in [0.29, 0.717) is 11.3 Å². The Morgan fingerprint density at radius 1 is 1.36 bits per heavy atom. The van der Waals surface area contributed by atoms with Crippen LogP contribution < -0.4 is 0 Å². The molecule has 0 spiro atoms. The first-order valence-electron chi connectivity index (χ1n) is 4.17. The molecule has 0 aromatic heterocycles. The van der Waals surface area contributed by atoms with Crippen molar-refractivity contribution in [3.8, 4) is 0 Å². The fourth-order valence-corrected chi connectivity index (χ4v) is 1.26. The van der Waals surface area contributed by atoms with Gasteiger partial charge in [0.25, 0.3) is 0 Å². The van der Waals surface area contributed by atoms with Crippen LogP contribution in [0.3, 0.4) is 0 Å². The monoisotopic (exact) mass is 185 g/mol. The molecule has 2 rings (SSSR count). The molecule has 0 radical (unpaired) electrons. The van der Waals surface area contributed by atoms with E-state index in [9.17, 15) is 4.79 Å². The molecule has 0 saturated heterocycles. The number of carbonyl (C=O) groups is 1. The van der Waals surface area contributed by atoms with Gasteiger partial charge < -0.3 is 5.53 Å². The van der Waals surface area contributed by atoms with Crippen LogP contribution in [0.4, 0.5) is 0 Å². The lowest BCUT2D eigenvalue weighted by Gasteiger charge is -2.10. The number of carbonyl (C=O) groups excluding carboxylic acids is 1. The highest BCUT2D eigenvalue weighted by Crippen LogP contribution is 2.10. The summed E-state index contributed by atoms with van der Waals surface area (Å²) in [5.74, 6) is -0.138. The van der Waals surface area contributed by atoms with Crippen molar-refractivity contribution in [2.45, 2.75) is 6.04 Å². The summed E-state index contributed by atoms with van der Waals surface area (Å²) in [6.07, 6.45) is 1.38. The van der Waals surface area contributed by atoms with E-state index < -0.39 is 6.04 Å². The second-order valence-corrected chi connectivity index (χ2v) is 2.94. The number of hydrogen-bond acceptors (Lipinski definition) is 2. The summed E-state index contributed by atoms with van der Waals surface area (Å²) < 4.78 is 0. The van der Waals surface area contributed by atoms with E-state index >= 15 is 0 Å². The summed E-state index contributed by atoms with van der Waals surface area (Å²) >= 11 is 0. The van der Waals surface area contributed by atoms with Gasteiger partial charge in [0.2, 0.25) is 6.04 Å². The largest absolute Gasteiger partial charge is 0.361 e. The second-order valence-electron chi connectivity index (χ2n) is 2.94. The van der Waals surface area contributed by atoms with Crippen LogP contribution in [0.15, 0.2) is 35.3 Å². The number of aliphatic imine (C=N–C) groups is 1. The van der Waals surface area contributed by atoms with Gasteiger partial charge in [0.15, 0.2) is 5.78 Å². The topological polar surface area (TPSA) is 65.8 Å².